The van der Waals surface area contributed by atoms with Gasteiger partial charge < -0.3 is 4.80 Å². The molecule has 1 aromatic rings. The molecule has 1 aromatic heterocycles. The van der Waals surface area contributed by atoms with Crippen LogP contribution >= 0.6 is 11.3 Å². The van der Waals surface area contributed by atoms with Gasteiger partial charge in [0.15, 0.2) is 0 Å². The zero-order valence-corrected chi connectivity index (χ0v) is 12.5. The minimum Gasteiger partial charge on any atom is -0.432 e. The zero-order valence-electron chi connectivity index (χ0n) is 10.7. The number of rotatable bonds is 11. The van der Waals surface area contributed by atoms with Crippen LogP contribution in [0.15, 0.2) is 16.8 Å². The fraction of sp³-hybridized carbons (Fsp3) is 0.714. The van der Waals surface area contributed by atoms with E-state index in [9.17, 15) is 0 Å². The van der Waals surface area contributed by atoms with E-state index in [0.717, 1.165) is 6.04 Å². The third-order valence-electron chi connectivity index (χ3n) is 3.08. The van der Waals surface area contributed by atoms with Crippen LogP contribution in [0, 0.1) is 0 Å². The molecule has 0 bridgehead atoms. The van der Waals surface area contributed by atoms with Crippen molar-refractivity contribution in [3.8, 4) is 0 Å². The summed E-state index contributed by atoms with van der Waals surface area (Å²) in [6.07, 6.45) is 12.0. The highest BCUT2D eigenvalue weighted by Crippen LogP contribution is 2.13. The van der Waals surface area contributed by atoms with E-state index in [0.29, 0.717) is 0 Å². The minimum atomic E-state index is 0.160. The van der Waals surface area contributed by atoms with E-state index in [4.69, 9.17) is 4.80 Å². The second-order valence-electron chi connectivity index (χ2n) is 4.62. The van der Waals surface area contributed by atoms with Crippen molar-refractivity contribution in [1.29, 1.82) is 0 Å². The summed E-state index contributed by atoms with van der Waals surface area (Å²) in [6, 6.07) is 3.26. The van der Waals surface area contributed by atoms with Gasteiger partial charge in [-0.15, -0.1) is 0 Å². The lowest BCUT2D eigenvalue weighted by Gasteiger charge is -2.01. The molecule has 96 valence electrons. The number of hydrogen-bond acceptors (Lipinski definition) is 2. The molecule has 17 heavy (non-hydrogen) atoms. The average Bonchev–Trinajstić information content (AvgIpc) is 2.85. The molecule has 0 fully saturated rings. The summed E-state index contributed by atoms with van der Waals surface area (Å²) in [5.41, 5.74) is 1.51. The highest BCUT2D eigenvalue weighted by Gasteiger charge is 1.95. The van der Waals surface area contributed by atoms with E-state index < -0.39 is 0 Å². The molecule has 1 N–H and O–H groups in total. The maximum atomic E-state index is 8.67. The maximum Gasteiger partial charge on any atom is 0.224 e. The Labute approximate surface area is 112 Å². The predicted molar refractivity (Wildman–Crippen MR) is 77.7 cm³/mol. The molecule has 0 aliphatic carbocycles. The highest BCUT2D eigenvalue weighted by molar-refractivity contribution is 7.07. The molecular weight excluding hydrogens is 244 g/mol. The first-order valence-electron chi connectivity index (χ1n) is 6.81. The average molecular weight is 268 g/mol. The molecule has 0 unspecified atom stereocenters. The second kappa shape index (κ2) is 11.0. The fourth-order valence-corrected chi connectivity index (χ4v) is 3.14. The molecule has 0 atom stereocenters. The number of thiophene rings is 1. The van der Waals surface area contributed by atoms with Crippen LogP contribution in [-0.2, 0) is 6.42 Å². The van der Waals surface area contributed by atoms with Gasteiger partial charge in [0.25, 0.3) is 0 Å². The topological polar surface area (TPSA) is 20.2 Å². The molecule has 0 spiro atoms. The van der Waals surface area contributed by atoms with Crippen molar-refractivity contribution in [2.45, 2.75) is 63.8 Å². The summed E-state index contributed by atoms with van der Waals surface area (Å²) in [4.78, 5) is 8.67. The lowest BCUT2D eigenvalue weighted by atomic mass is 10.1. The van der Waals surface area contributed by atoms with Gasteiger partial charge in [0.2, 0.25) is 9.76 Å². The minimum absolute atomic E-state index is 0.160. The van der Waals surface area contributed by atoms with Gasteiger partial charge in [0.1, 0.15) is 0 Å². The van der Waals surface area contributed by atoms with Gasteiger partial charge in [-0.1, -0.05) is 44.9 Å². The predicted octanol–water partition coefficient (Wildman–Crippen LogP) is 4.44. The normalized spacial score (nSPS) is 10.9. The Hall–Kier alpha value is -0.123. The van der Waals surface area contributed by atoms with Crippen molar-refractivity contribution in [1.82, 2.24) is 0 Å². The van der Waals surface area contributed by atoms with Crippen LogP contribution in [0.3, 0.4) is 0 Å². The third kappa shape index (κ3) is 8.58. The van der Waals surface area contributed by atoms with Gasteiger partial charge in [-0.25, -0.2) is 0 Å². The first kappa shape index (κ1) is 14.9. The van der Waals surface area contributed by atoms with Gasteiger partial charge in [0.05, 0.1) is 0 Å². The smallest absolute Gasteiger partial charge is 0.224 e. The Morgan fingerprint density at radius 3 is 2.18 bits per heavy atom. The van der Waals surface area contributed by atoms with E-state index in [1.807, 2.05) is 0 Å². The van der Waals surface area contributed by atoms with E-state index in [-0.39, 0.29) is 9.76 Å². The Bertz CT molecular complexity index is 249. The molecule has 1 rings (SSSR count). The van der Waals surface area contributed by atoms with Crippen LogP contribution in [0.25, 0.3) is 0 Å². The quantitative estimate of drug-likeness (QED) is 0.464. The summed E-state index contributed by atoms with van der Waals surface area (Å²) in [6.45, 7) is 0. The summed E-state index contributed by atoms with van der Waals surface area (Å²) in [7, 11) is 0.160. The molecular formula is C14H24OSSi. The van der Waals surface area contributed by atoms with E-state index in [1.54, 1.807) is 11.3 Å². The van der Waals surface area contributed by atoms with E-state index >= 15 is 0 Å². The van der Waals surface area contributed by atoms with E-state index in [2.05, 4.69) is 16.8 Å². The largest absolute Gasteiger partial charge is 0.432 e. The summed E-state index contributed by atoms with van der Waals surface area (Å²) >= 11 is 1.80. The van der Waals surface area contributed by atoms with Crippen molar-refractivity contribution in [2.75, 3.05) is 0 Å². The zero-order chi connectivity index (χ0) is 12.2. The molecule has 0 aliphatic rings. The Morgan fingerprint density at radius 1 is 0.941 bits per heavy atom. The lowest BCUT2D eigenvalue weighted by Crippen LogP contribution is -1.87. The van der Waals surface area contributed by atoms with Gasteiger partial charge in [-0.2, -0.15) is 11.3 Å². The monoisotopic (exact) mass is 268 g/mol. The van der Waals surface area contributed by atoms with E-state index in [1.165, 1.54) is 63.4 Å². The highest BCUT2D eigenvalue weighted by atomic mass is 32.1. The molecule has 0 saturated heterocycles. The molecule has 1 heterocycles. The number of unbranched alkanes of at least 4 members (excludes halogenated alkanes) is 7. The van der Waals surface area contributed by atoms with Gasteiger partial charge >= 0.3 is 0 Å². The molecule has 1 nitrogen and oxygen atoms in total. The maximum absolute atomic E-state index is 8.67. The van der Waals surface area contributed by atoms with Gasteiger partial charge in [-0.3, -0.25) is 0 Å². The lowest BCUT2D eigenvalue weighted by molar-refractivity contribution is 0.563. The van der Waals surface area contributed by atoms with Crippen LogP contribution < -0.4 is 0 Å². The van der Waals surface area contributed by atoms with Crippen molar-refractivity contribution in [3.63, 3.8) is 0 Å². The van der Waals surface area contributed by atoms with Crippen LogP contribution in [0.4, 0.5) is 0 Å². The Morgan fingerprint density at radius 2 is 1.59 bits per heavy atom. The summed E-state index contributed by atoms with van der Waals surface area (Å²) < 4.78 is 0. The van der Waals surface area contributed by atoms with Crippen molar-refractivity contribution in [3.05, 3.63) is 22.4 Å². The van der Waals surface area contributed by atoms with Crippen LogP contribution in [0.1, 0.15) is 56.9 Å². The fourth-order valence-electron chi connectivity index (χ4n) is 2.03. The van der Waals surface area contributed by atoms with Crippen molar-refractivity contribution >= 4 is 21.1 Å². The van der Waals surface area contributed by atoms with Crippen LogP contribution in [-0.4, -0.2) is 14.6 Å². The third-order valence-corrected chi connectivity index (χ3v) is 4.39. The second-order valence-corrected chi connectivity index (χ2v) is 6.21. The summed E-state index contributed by atoms with van der Waals surface area (Å²) in [5.74, 6) is 0. The number of hydrogen-bond donors (Lipinski definition) is 1. The molecule has 0 aliphatic heterocycles. The van der Waals surface area contributed by atoms with Crippen LogP contribution in [0.2, 0.25) is 6.04 Å². The molecule has 0 amide bonds. The molecule has 0 aromatic carbocycles. The molecule has 2 radical (unpaired) electrons. The Balaban J connectivity index is 1.76. The van der Waals surface area contributed by atoms with Gasteiger partial charge in [-0.05, 0) is 41.3 Å². The molecule has 3 heteroatoms. The number of aryl methyl sites for hydroxylation is 1. The van der Waals surface area contributed by atoms with Gasteiger partial charge in [0, 0.05) is 0 Å². The standard InChI is InChI=1S/C14H24OSSi/c15-17-12-8-6-4-2-1-3-5-7-9-14-10-11-16-13-14/h10-11,13,15H,1-9,12H2. The Kier molecular flexibility index (Phi) is 9.66. The summed E-state index contributed by atoms with van der Waals surface area (Å²) in [5, 5.41) is 4.43. The first-order chi connectivity index (χ1) is 8.43. The first-order valence-corrected chi connectivity index (χ1v) is 8.91. The van der Waals surface area contributed by atoms with Crippen molar-refractivity contribution < 1.29 is 4.80 Å². The SMILES string of the molecule is O[Si]CCCCCCCCCCc1ccsc1. The van der Waals surface area contributed by atoms with Crippen molar-refractivity contribution in [2.24, 2.45) is 0 Å². The molecule has 0 saturated carbocycles. The van der Waals surface area contributed by atoms with Crippen LogP contribution in [0.5, 0.6) is 0 Å².